The number of Topliss-reactive ketones (excluding diaryl/α,β-unsaturated/α-hetero) is 1. The van der Waals surface area contributed by atoms with Crippen LogP contribution in [0.1, 0.15) is 76.4 Å². The molecule has 0 fully saturated rings. The Bertz CT molecular complexity index is 1430. The number of hydrogen-bond acceptors (Lipinski definition) is 3. The van der Waals surface area contributed by atoms with E-state index in [1.54, 1.807) is 12.1 Å². The number of ketones is 1. The number of halogens is 2. The highest BCUT2D eigenvalue weighted by molar-refractivity contribution is 6.42. The van der Waals surface area contributed by atoms with Crippen LogP contribution in [0.3, 0.4) is 0 Å². The summed E-state index contributed by atoms with van der Waals surface area (Å²) >= 11 is 12.8. The Balaban J connectivity index is 1.81. The molecule has 188 valence electrons. The van der Waals surface area contributed by atoms with Crippen LogP contribution in [0.4, 0.5) is 0 Å². The third kappa shape index (κ3) is 5.21. The van der Waals surface area contributed by atoms with Crippen LogP contribution in [-0.2, 0) is 10.8 Å². The third-order valence-corrected chi connectivity index (χ3v) is 7.42. The SMILES string of the molecule is CC(C)(C)CC(C)(C)c1ccc2nn(-c3cc(Cl)c(Cl)cc3C(=O)C(C)(C)c3ccccc3)nc2c1. The molecule has 36 heavy (non-hydrogen) atoms. The Morgan fingerprint density at radius 1 is 0.778 bits per heavy atom. The highest BCUT2D eigenvalue weighted by Crippen LogP contribution is 2.38. The van der Waals surface area contributed by atoms with Crippen LogP contribution < -0.4 is 0 Å². The molecule has 0 unspecified atom stereocenters. The molecule has 1 heterocycles. The topological polar surface area (TPSA) is 47.8 Å². The number of carbonyl (C=O) groups excluding carboxylic acids is 1. The van der Waals surface area contributed by atoms with Crippen LogP contribution in [0.25, 0.3) is 16.7 Å². The molecule has 4 nitrogen and oxygen atoms in total. The van der Waals surface area contributed by atoms with Crippen LogP contribution >= 0.6 is 23.2 Å². The fourth-order valence-electron chi connectivity index (χ4n) is 5.08. The molecule has 0 aliphatic rings. The first kappa shape index (κ1) is 26.4. The molecular weight excluding hydrogens is 489 g/mol. The Hall–Kier alpha value is -2.69. The standard InChI is InChI=1S/C30H33Cl2N3O/c1-28(2,3)18-29(4,5)20-13-14-24-25(15-20)34-35(33-24)26-17-23(32)22(31)16-21(26)27(36)30(6,7)19-11-9-8-10-12-19/h8-17H,18H2,1-7H3. The lowest BCUT2D eigenvalue weighted by Gasteiger charge is -2.32. The van der Waals surface area contributed by atoms with Gasteiger partial charge in [-0.15, -0.1) is 15.0 Å². The third-order valence-electron chi connectivity index (χ3n) is 6.70. The van der Waals surface area contributed by atoms with E-state index in [1.165, 1.54) is 10.4 Å². The molecule has 0 saturated carbocycles. The molecule has 4 aromatic rings. The Labute approximate surface area is 223 Å². The first-order chi connectivity index (χ1) is 16.7. The zero-order valence-corrected chi connectivity index (χ0v) is 23.5. The van der Waals surface area contributed by atoms with Crippen molar-refractivity contribution in [3.63, 3.8) is 0 Å². The van der Waals surface area contributed by atoms with Gasteiger partial charge in [0.1, 0.15) is 11.0 Å². The number of nitrogens with zero attached hydrogens (tertiary/aromatic N) is 3. The van der Waals surface area contributed by atoms with E-state index in [4.69, 9.17) is 33.4 Å². The summed E-state index contributed by atoms with van der Waals surface area (Å²) in [4.78, 5) is 15.4. The second kappa shape index (κ2) is 9.32. The maximum absolute atomic E-state index is 13.9. The quantitative estimate of drug-likeness (QED) is 0.238. The van der Waals surface area contributed by atoms with E-state index < -0.39 is 5.41 Å². The molecule has 0 bridgehead atoms. The number of carbonyl (C=O) groups is 1. The smallest absolute Gasteiger partial charge is 0.175 e. The average molecular weight is 523 g/mol. The largest absolute Gasteiger partial charge is 0.293 e. The molecule has 0 saturated heterocycles. The van der Waals surface area contributed by atoms with Gasteiger partial charge in [0, 0.05) is 5.56 Å². The maximum Gasteiger partial charge on any atom is 0.175 e. The Morgan fingerprint density at radius 2 is 1.39 bits per heavy atom. The fourth-order valence-corrected chi connectivity index (χ4v) is 5.40. The second-order valence-electron chi connectivity index (χ2n) is 11.9. The van der Waals surface area contributed by atoms with Crippen molar-refractivity contribution in [1.29, 1.82) is 0 Å². The minimum absolute atomic E-state index is 0.0271. The van der Waals surface area contributed by atoms with Gasteiger partial charge in [0.2, 0.25) is 0 Å². The highest BCUT2D eigenvalue weighted by atomic mass is 35.5. The molecule has 3 aromatic carbocycles. The van der Waals surface area contributed by atoms with Crippen molar-refractivity contribution >= 4 is 40.0 Å². The van der Waals surface area contributed by atoms with Crippen LogP contribution in [0.2, 0.25) is 10.0 Å². The van der Waals surface area contributed by atoms with Crippen molar-refractivity contribution in [2.24, 2.45) is 5.41 Å². The van der Waals surface area contributed by atoms with Crippen LogP contribution in [-0.4, -0.2) is 20.8 Å². The molecule has 0 N–H and O–H groups in total. The monoisotopic (exact) mass is 521 g/mol. The van der Waals surface area contributed by atoms with Crippen molar-refractivity contribution in [3.05, 3.63) is 87.4 Å². The summed E-state index contributed by atoms with van der Waals surface area (Å²) in [6.07, 6.45) is 1.03. The van der Waals surface area contributed by atoms with E-state index in [0.29, 0.717) is 21.3 Å². The van der Waals surface area contributed by atoms with Gasteiger partial charge in [0.05, 0.1) is 21.1 Å². The molecule has 0 amide bonds. The molecule has 0 aliphatic carbocycles. The minimum Gasteiger partial charge on any atom is -0.293 e. The number of fused-ring (bicyclic) bond motifs is 1. The second-order valence-corrected chi connectivity index (χ2v) is 12.7. The predicted octanol–water partition coefficient (Wildman–Crippen LogP) is 8.60. The molecule has 0 spiro atoms. The molecule has 1 aromatic heterocycles. The molecule has 0 atom stereocenters. The van der Waals surface area contributed by atoms with E-state index in [-0.39, 0.29) is 16.6 Å². The molecule has 6 heteroatoms. The van der Waals surface area contributed by atoms with Crippen LogP contribution in [0.15, 0.2) is 60.7 Å². The zero-order valence-electron chi connectivity index (χ0n) is 22.0. The van der Waals surface area contributed by atoms with Gasteiger partial charge in [-0.2, -0.15) is 0 Å². The summed E-state index contributed by atoms with van der Waals surface area (Å²) in [5.74, 6) is -0.0874. The fraction of sp³-hybridized carbons (Fsp3) is 0.367. The molecule has 0 radical (unpaired) electrons. The van der Waals surface area contributed by atoms with Gasteiger partial charge in [0.15, 0.2) is 5.78 Å². The molecule has 0 aliphatic heterocycles. The summed E-state index contributed by atoms with van der Waals surface area (Å²) in [5.41, 5.74) is 3.93. The summed E-state index contributed by atoms with van der Waals surface area (Å²) < 4.78 is 0. The lowest BCUT2D eigenvalue weighted by Crippen LogP contribution is -2.30. The van der Waals surface area contributed by atoms with E-state index in [1.807, 2.05) is 50.2 Å². The number of rotatable bonds is 6. The highest BCUT2D eigenvalue weighted by Gasteiger charge is 2.33. The van der Waals surface area contributed by atoms with E-state index in [2.05, 4.69) is 46.8 Å². The first-order valence-electron chi connectivity index (χ1n) is 12.2. The van der Waals surface area contributed by atoms with Gasteiger partial charge in [-0.1, -0.05) is 94.2 Å². The van der Waals surface area contributed by atoms with Gasteiger partial charge < -0.3 is 0 Å². The van der Waals surface area contributed by atoms with E-state index >= 15 is 0 Å². The minimum atomic E-state index is -0.788. The number of hydrogen-bond donors (Lipinski definition) is 0. The van der Waals surface area contributed by atoms with Crippen molar-refractivity contribution in [2.75, 3.05) is 0 Å². The van der Waals surface area contributed by atoms with Gasteiger partial charge >= 0.3 is 0 Å². The normalized spacial score (nSPS) is 12.8. The number of aromatic nitrogens is 3. The number of benzene rings is 3. The first-order valence-corrected chi connectivity index (χ1v) is 12.9. The molecule has 4 rings (SSSR count). The van der Waals surface area contributed by atoms with Gasteiger partial charge in [-0.3, -0.25) is 4.79 Å². The maximum atomic E-state index is 13.9. The summed E-state index contributed by atoms with van der Waals surface area (Å²) in [6.45, 7) is 15.1. The van der Waals surface area contributed by atoms with Crippen molar-refractivity contribution in [3.8, 4) is 5.69 Å². The van der Waals surface area contributed by atoms with Crippen molar-refractivity contribution in [2.45, 2.75) is 65.7 Å². The molecular formula is C30H33Cl2N3O. The zero-order chi connectivity index (χ0) is 26.5. The van der Waals surface area contributed by atoms with Gasteiger partial charge in [-0.25, -0.2) is 0 Å². The lowest BCUT2D eigenvalue weighted by atomic mass is 9.72. The van der Waals surface area contributed by atoms with Gasteiger partial charge in [0.25, 0.3) is 0 Å². The van der Waals surface area contributed by atoms with E-state index in [9.17, 15) is 4.79 Å². The van der Waals surface area contributed by atoms with Crippen LogP contribution in [0.5, 0.6) is 0 Å². The van der Waals surface area contributed by atoms with Crippen LogP contribution in [0, 0.1) is 5.41 Å². The average Bonchev–Trinajstić information content (AvgIpc) is 3.22. The van der Waals surface area contributed by atoms with Gasteiger partial charge in [-0.05, 0) is 66.5 Å². The van der Waals surface area contributed by atoms with Crippen molar-refractivity contribution < 1.29 is 4.79 Å². The predicted molar refractivity (Wildman–Crippen MR) is 150 cm³/mol. The van der Waals surface area contributed by atoms with Crippen molar-refractivity contribution in [1.82, 2.24) is 15.0 Å². The Kier molecular flexibility index (Phi) is 6.83. The summed E-state index contributed by atoms with van der Waals surface area (Å²) in [6, 6.07) is 19.2. The lowest BCUT2D eigenvalue weighted by molar-refractivity contribution is 0.0908. The Morgan fingerprint density at radius 3 is 2.03 bits per heavy atom. The summed E-state index contributed by atoms with van der Waals surface area (Å²) in [5, 5.41) is 10.1. The van der Waals surface area contributed by atoms with E-state index in [0.717, 1.165) is 23.0 Å². The summed E-state index contributed by atoms with van der Waals surface area (Å²) in [7, 11) is 0.